The minimum Gasteiger partial charge on any atom is -0.266 e. The predicted octanol–water partition coefficient (Wildman–Crippen LogP) is 2.40. The molecule has 12 heavy (non-hydrogen) atoms. The molecular formula is C10H16N2. The summed E-state index contributed by atoms with van der Waals surface area (Å²) >= 11 is 0. The van der Waals surface area contributed by atoms with E-state index < -0.39 is 0 Å². The zero-order valence-electron chi connectivity index (χ0n) is 8.04. The van der Waals surface area contributed by atoms with Crippen molar-refractivity contribution in [2.75, 3.05) is 6.54 Å². The first-order valence-electron chi connectivity index (χ1n) is 4.37. The van der Waals surface area contributed by atoms with Crippen LogP contribution in [0.25, 0.3) is 0 Å². The summed E-state index contributed by atoms with van der Waals surface area (Å²) in [5.41, 5.74) is 2.32. The van der Waals surface area contributed by atoms with Crippen molar-refractivity contribution in [1.82, 2.24) is 5.01 Å². The normalized spacial score (nSPS) is 17.2. The Labute approximate surface area is 74.3 Å². The molecule has 0 aromatic heterocycles. The van der Waals surface area contributed by atoms with Crippen molar-refractivity contribution in [3.8, 4) is 0 Å². The van der Waals surface area contributed by atoms with Crippen LogP contribution in [-0.2, 0) is 0 Å². The summed E-state index contributed by atoms with van der Waals surface area (Å²) in [6, 6.07) is 0. The molecule has 2 heteroatoms. The van der Waals surface area contributed by atoms with Gasteiger partial charge in [0.2, 0.25) is 0 Å². The third kappa shape index (κ3) is 1.58. The predicted molar refractivity (Wildman–Crippen MR) is 52.9 cm³/mol. The van der Waals surface area contributed by atoms with E-state index in [-0.39, 0.29) is 0 Å². The lowest BCUT2D eigenvalue weighted by molar-refractivity contribution is 0.384. The second-order valence-corrected chi connectivity index (χ2v) is 3.20. The minimum absolute atomic E-state index is 0.526. The fourth-order valence-electron chi connectivity index (χ4n) is 1.31. The summed E-state index contributed by atoms with van der Waals surface area (Å²) in [5.74, 6) is 0.526. The summed E-state index contributed by atoms with van der Waals surface area (Å²) < 4.78 is 0. The van der Waals surface area contributed by atoms with Gasteiger partial charge in [-0.2, -0.15) is 5.10 Å². The van der Waals surface area contributed by atoms with E-state index in [0.717, 1.165) is 12.2 Å². The van der Waals surface area contributed by atoms with Gasteiger partial charge in [-0.05, 0) is 24.5 Å². The molecule has 0 saturated carbocycles. The summed E-state index contributed by atoms with van der Waals surface area (Å²) in [6.07, 6.45) is 3.88. The van der Waals surface area contributed by atoms with Gasteiger partial charge in [0.15, 0.2) is 0 Å². The third-order valence-corrected chi connectivity index (χ3v) is 2.03. The first-order chi connectivity index (χ1) is 5.66. The van der Waals surface area contributed by atoms with Crippen LogP contribution in [0.4, 0.5) is 0 Å². The highest BCUT2D eigenvalue weighted by atomic mass is 15.5. The summed E-state index contributed by atoms with van der Waals surface area (Å²) in [6.45, 7) is 11.3. The van der Waals surface area contributed by atoms with Gasteiger partial charge in [-0.3, -0.25) is 5.01 Å². The number of allylic oxidation sites excluding steroid dienone is 2. The van der Waals surface area contributed by atoms with Crippen LogP contribution in [0.3, 0.4) is 0 Å². The Balaban J connectivity index is 2.83. The van der Waals surface area contributed by atoms with Crippen molar-refractivity contribution in [2.45, 2.75) is 20.8 Å². The molecule has 2 nitrogen and oxygen atoms in total. The van der Waals surface area contributed by atoms with Gasteiger partial charge in [-0.1, -0.05) is 20.4 Å². The highest BCUT2D eigenvalue weighted by Gasteiger charge is 2.14. The van der Waals surface area contributed by atoms with Crippen molar-refractivity contribution in [2.24, 2.45) is 11.0 Å². The number of hydrazone groups is 1. The Hall–Kier alpha value is -1.05. The largest absolute Gasteiger partial charge is 0.266 e. The Bertz CT molecular complexity index is 236. The van der Waals surface area contributed by atoms with Crippen LogP contribution in [0, 0.1) is 5.92 Å². The molecule has 1 rings (SSSR count). The monoisotopic (exact) mass is 164 g/mol. The van der Waals surface area contributed by atoms with E-state index in [4.69, 9.17) is 0 Å². The van der Waals surface area contributed by atoms with Crippen LogP contribution < -0.4 is 0 Å². The molecular weight excluding hydrogens is 148 g/mol. The summed E-state index contributed by atoms with van der Waals surface area (Å²) in [4.78, 5) is 0. The van der Waals surface area contributed by atoms with E-state index in [1.165, 1.54) is 5.57 Å². The Kier molecular flexibility index (Phi) is 2.69. The summed E-state index contributed by atoms with van der Waals surface area (Å²) in [5, 5.41) is 6.12. The molecule has 0 fully saturated rings. The van der Waals surface area contributed by atoms with Gasteiger partial charge in [-0.15, -0.1) is 0 Å². The van der Waals surface area contributed by atoms with Crippen molar-refractivity contribution in [1.29, 1.82) is 0 Å². The van der Waals surface area contributed by atoms with Crippen LogP contribution >= 0.6 is 0 Å². The SMILES string of the molecule is C=C1C(C(C)C)=CC=NN1CC. The Morgan fingerprint density at radius 2 is 2.25 bits per heavy atom. The molecule has 0 unspecified atom stereocenters. The van der Waals surface area contributed by atoms with E-state index >= 15 is 0 Å². The van der Waals surface area contributed by atoms with Crippen molar-refractivity contribution in [3.63, 3.8) is 0 Å². The van der Waals surface area contributed by atoms with Crippen LogP contribution in [-0.4, -0.2) is 17.8 Å². The van der Waals surface area contributed by atoms with Gasteiger partial charge in [0.1, 0.15) is 0 Å². The molecule has 0 N–H and O–H groups in total. The zero-order chi connectivity index (χ0) is 9.14. The maximum atomic E-state index is 4.19. The smallest absolute Gasteiger partial charge is 0.0557 e. The highest BCUT2D eigenvalue weighted by Crippen LogP contribution is 2.23. The van der Waals surface area contributed by atoms with Crippen LogP contribution in [0.5, 0.6) is 0 Å². The summed E-state index contributed by atoms with van der Waals surface area (Å²) in [7, 11) is 0. The highest BCUT2D eigenvalue weighted by molar-refractivity contribution is 5.75. The molecule has 0 spiro atoms. The van der Waals surface area contributed by atoms with Gasteiger partial charge >= 0.3 is 0 Å². The lowest BCUT2D eigenvalue weighted by Crippen LogP contribution is -2.21. The fourth-order valence-corrected chi connectivity index (χ4v) is 1.31. The van der Waals surface area contributed by atoms with Crippen LogP contribution in [0.1, 0.15) is 20.8 Å². The number of likely N-dealkylation sites (N-methyl/N-ethyl adjacent to an activating group) is 1. The molecule has 0 saturated heterocycles. The Morgan fingerprint density at radius 3 is 2.75 bits per heavy atom. The van der Waals surface area contributed by atoms with Gasteiger partial charge in [0, 0.05) is 12.8 Å². The second-order valence-electron chi connectivity index (χ2n) is 3.20. The molecule has 1 heterocycles. The van der Waals surface area contributed by atoms with Crippen molar-refractivity contribution < 1.29 is 0 Å². The lowest BCUT2D eigenvalue weighted by Gasteiger charge is -2.26. The van der Waals surface area contributed by atoms with Crippen LogP contribution in [0.2, 0.25) is 0 Å². The quantitative estimate of drug-likeness (QED) is 0.612. The molecule has 0 atom stereocenters. The number of hydrogen-bond acceptors (Lipinski definition) is 2. The lowest BCUT2D eigenvalue weighted by atomic mass is 9.99. The first kappa shape index (κ1) is 9.04. The van der Waals surface area contributed by atoms with E-state index in [9.17, 15) is 0 Å². The first-order valence-corrected chi connectivity index (χ1v) is 4.37. The minimum atomic E-state index is 0.526. The van der Waals surface area contributed by atoms with Gasteiger partial charge in [-0.25, -0.2) is 0 Å². The molecule has 0 aliphatic carbocycles. The molecule has 0 radical (unpaired) electrons. The standard InChI is InChI=1S/C10H16N2/c1-5-12-9(4)10(8(2)3)6-7-11-12/h6-8H,4-5H2,1-3H3. The average Bonchev–Trinajstić information content (AvgIpc) is 2.04. The molecule has 0 aromatic carbocycles. The molecule has 1 aliphatic heterocycles. The maximum Gasteiger partial charge on any atom is 0.0557 e. The topological polar surface area (TPSA) is 15.6 Å². The fraction of sp³-hybridized carbons (Fsp3) is 0.500. The van der Waals surface area contributed by atoms with Crippen molar-refractivity contribution >= 4 is 6.21 Å². The van der Waals surface area contributed by atoms with E-state index in [0.29, 0.717) is 5.92 Å². The average molecular weight is 164 g/mol. The number of rotatable bonds is 2. The molecule has 1 aliphatic rings. The van der Waals surface area contributed by atoms with E-state index in [2.05, 4.69) is 32.5 Å². The molecule has 0 amide bonds. The Morgan fingerprint density at radius 1 is 1.58 bits per heavy atom. The van der Waals surface area contributed by atoms with E-state index in [1.807, 2.05) is 17.3 Å². The van der Waals surface area contributed by atoms with Crippen molar-refractivity contribution in [3.05, 3.63) is 23.9 Å². The second kappa shape index (κ2) is 3.57. The molecule has 66 valence electrons. The van der Waals surface area contributed by atoms with Gasteiger partial charge in [0.25, 0.3) is 0 Å². The molecule has 0 bridgehead atoms. The van der Waals surface area contributed by atoms with Crippen LogP contribution in [0.15, 0.2) is 29.0 Å². The third-order valence-electron chi connectivity index (χ3n) is 2.03. The maximum absolute atomic E-state index is 4.19. The van der Waals surface area contributed by atoms with E-state index in [1.54, 1.807) is 0 Å². The zero-order valence-corrected chi connectivity index (χ0v) is 8.04. The number of nitrogens with zero attached hydrogens (tertiary/aromatic N) is 2. The molecule has 0 aromatic rings. The van der Waals surface area contributed by atoms with Gasteiger partial charge in [0.05, 0.1) is 5.70 Å². The van der Waals surface area contributed by atoms with Gasteiger partial charge < -0.3 is 0 Å². The number of hydrogen-bond donors (Lipinski definition) is 0.